The smallest absolute Gasteiger partial charge is 0.369 e. The van der Waals surface area contributed by atoms with Crippen molar-refractivity contribution in [2.45, 2.75) is 19.0 Å². The molecule has 1 aromatic carbocycles. The Morgan fingerprint density at radius 2 is 1.89 bits per heavy atom. The summed E-state index contributed by atoms with van der Waals surface area (Å²) in [5.74, 6) is 0.0670. The molecule has 1 aromatic rings. The van der Waals surface area contributed by atoms with Gasteiger partial charge in [0.25, 0.3) is 0 Å². The molecule has 7 heteroatoms. The maximum absolute atomic E-state index is 13.4. The van der Waals surface area contributed by atoms with Crippen LogP contribution in [0, 0.1) is 5.92 Å². The van der Waals surface area contributed by atoms with E-state index in [2.05, 4.69) is 11.5 Å². The molecule has 3 rings (SSSR count). The third-order valence-corrected chi connectivity index (χ3v) is 5.47. The van der Waals surface area contributed by atoms with Crippen LogP contribution in [0.2, 0.25) is 0 Å². The highest BCUT2D eigenvalue weighted by atomic mass is 19.4. The molecular weight excluding hydrogens is 355 g/mol. The summed E-state index contributed by atoms with van der Waals surface area (Å²) >= 11 is 0. The molecule has 0 radical (unpaired) electrons. The predicted octanol–water partition coefficient (Wildman–Crippen LogP) is 3.03. The molecule has 2 saturated heterocycles. The second-order valence-electron chi connectivity index (χ2n) is 7.52. The van der Waals surface area contributed by atoms with Crippen molar-refractivity contribution >= 4 is 11.6 Å². The molecule has 2 heterocycles. The zero-order valence-electron chi connectivity index (χ0n) is 15.6. The van der Waals surface area contributed by atoms with Gasteiger partial charge in [-0.3, -0.25) is 4.79 Å². The van der Waals surface area contributed by atoms with Crippen LogP contribution in [0.25, 0.3) is 0 Å². The highest BCUT2D eigenvalue weighted by molar-refractivity contribution is 5.87. The number of benzene rings is 1. The number of piperazine rings is 1. The van der Waals surface area contributed by atoms with Crippen LogP contribution in [-0.4, -0.2) is 62.0 Å². The molecule has 148 valence electrons. The van der Waals surface area contributed by atoms with Crippen molar-refractivity contribution in [3.63, 3.8) is 0 Å². The number of halogens is 3. The number of anilines is 1. The molecule has 0 aliphatic carbocycles. The van der Waals surface area contributed by atoms with Crippen molar-refractivity contribution in [2.24, 2.45) is 5.92 Å². The van der Waals surface area contributed by atoms with Crippen LogP contribution in [-0.2, 0) is 17.4 Å². The number of amides is 1. The zero-order chi connectivity index (χ0) is 19.6. The van der Waals surface area contributed by atoms with Gasteiger partial charge in [0.1, 0.15) is 0 Å². The van der Waals surface area contributed by atoms with Gasteiger partial charge in [-0.25, -0.2) is 0 Å². The topological polar surface area (TPSA) is 26.8 Å². The normalized spacial score (nSPS) is 21.6. The second-order valence-corrected chi connectivity index (χ2v) is 7.52. The largest absolute Gasteiger partial charge is 0.416 e. The molecule has 1 amide bonds. The number of carbonyl (C=O) groups excluding carboxylic acids is 1. The minimum absolute atomic E-state index is 0.111. The molecule has 0 spiro atoms. The Balaban J connectivity index is 1.79. The van der Waals surface area contributed by atoms with E-state index in [1.807, 2.05) is 18.0 Å². The minimum Gasteiger partial charge on any atom is -0.369 e. The monoisotopic (exact) mass is 381 g/mol. The number of likely N-dealkylation sites (tertiary alicyclic amines) is 1. The SMILES string of the molecule is C=CC(=O)N1CCC(Cc2cc(N3CCN(C)CC3)cc(C(F)(F)F)c2)C1. The lowest BCUT2D eigenvalue weighted by atomic mass is 9.96. The summed E-state index contributed by atoms with van der Waals surface area (Å²) < 4.78 is 40.2. The summed E-state index contributed by atoms with van der Waals surface area (Å²) in [7, 11) is 2.02. The Bertz CT molecular complexity index is 696. The average molecular weight is 381 g/mol. The first-order valence-electron chi connectivity index (χ1n) is 9.32. The quantitative estimate of drug-likeness (QED) is 0.750. The Morgan fingerprint density at radius 3 is 2.52 bits per heavy atom. The summed E-state index contributed by atoms with van der Waals surface area (Å²) in [6, 6.07) is 4.41. The first kappa shape index (κ1) is 19.7. The van der Waals surface area contributed by atoms with E-state index in [-0.39, 0.29) is 11.8 Å². The van der Waals surface area contributed by atoms with Gasteiger partial charge in [-0.05, 0) is 55.6 Å². The van der Waals surface area contributed by atoms with Gasteiger partial charge < -0.3 is 14.7 Å². The van der Waals surface area contributed by atoms with Crippen LogP contribution in [0.1, 0.15) is 17.5 Å². The molecule has 1 atom stereocenters. The van der Waals surface area contributed by atoms with E-state index in [4.69, 9.17) is 0 Å². The fraction of sp³-hybridized carbons (Fsp3) is 0.550. The first-order chi connectivity index (χ1) is 12.8. The third kappa shape index (κ3) is 4.83. The van der Waals surface area contributed by atoms with E-state index in [0.29, 0.717) is 30.8 Å². The second kappa shape index (κ2) is 7.92. The van der Waals surface area contributed by atoms with E-state index >= 15 is 0 Å². The first-order valence-corrected chi connectivity index (χ1v) is 9.32. The fourth-order valence-electron chi connectivity index (χ4n) is 3.86. The van der Waals surface area contributed by atoms with E-state index in [0.717, 1.165) is 32.6 Å². The summed E-state index contributed by atoms with van der Waals surface area (Å²) in [5.41, 5.74) is 0.743. The average Bonchev–Trinajstić information content (AvgIpc) is 3.09. The Morgan fingerprint density at radius 1 is 1.19 bits per heavy atom. The van der Waals surface area contributed by atoms with Gasteiger partial charge in [-0.15, -0.1) is 0 Å². The lowest BCUT2D eigenvalue weighted by Crippen LogP contribution is -2.44. The van der Waals surface area contributed by atoms with E-state index in [9.17, 15) is 18.0 Å². The summed E-state index contributed by atoms with van der Waals surface area (Å²) in [4.78, 5) is 17.7. The predicted molar refractivity (Wildman–Crippen MR) is 99.7 cm³/mol. The van der Waals surface area contributed by atoms with Gasteiger partial charge in [0.05, 0.1) is 5.56 Å². The number of likely N-dealkylation sites (N-methyl/N-ethyl adjacent to an activating group) is 1. The number of carbonyl (C=O) groups is 1. The van der Waals surface area contributed by atoms with Gasteiger partial charge in [-0.2, -0.15) is 13.2 Å². The highest BCUT2D eigenvalue weighted by Crippen LogP contribution is 2.34. The van der Waals surface area contributed by atoms with Crippen LogP contribution >= 0.6 is 0 Å². The molecule has 2 fully saturated rings. The fourth-order valence-corrected chi connectivity index (χ4v) is 3.86. The lowest BCUT2D eigenvalue weighted by molar-refractivity contribution is -0.137. The number of alkyl halides is 3. The molecule has 2 aliphatic heterocycles. The molecule has 4 nitrogen and oxygen atoms in total. The van der Waals surface area contributed by atoms with Crippen molar-refractivity contribution < 1.29 is 18.0 Å². The van der Waals surface area contributed by atoms with Gasteiger partial charge in [-0.1, -0.05) is 6.58 Å². The van der Waals surface area contributed by atoms with Crippen molar-refractivity contribution in [3.05, 3.63) is 42.0 Å². The van der Waals surface area contributed by atoms with Crippen LogP contribution in [0.5, 0.6) is 0 Å². The number of nitrogens with zero attached hydrogens (tertiary/aromatic N) is 3. The summed E-state index contributed by atoms with van der Waals surface area (Å²) in [6.07, 6.45) is -1.72. The van der Waals surface area contributed by atoms with E-state index in [1.54, 1.807) is 4.90 Å². The molecule has 1 unspecified atom stereocenters. The van der Waals surface area contributed by atoms with Crippen molar-refractivity contribution in [2.75, 3.05) is 51.2 Å². The number of hydrogen-bond donors (Lipinski definition) is 0. The van der Waals surface area contributed by atoms with Gasteiger partial charge >= 0.3 is 6.18 Å². The molecule has 0 N–H and O–H groups in total. The van der Waals surface area contributed by atoms with Crippen molar-refractivity contribution in [3.8, 4) is 0 Å². The molecule has 2 aliphatic rings. The van der Waals surface area contributed by atoms with Gasteiger partial charge in [0.2, 0.25) is 5.91 Å². The maximum atomic E-state index is 13.4. The minimum atomic E-state index is -4.36. The number of hydrogen-bond acceptors (Lipinski definition) is 3. The van der Waals surface area contributed by atoms with Crippen LogP contribution in [0.15, 0.2) is 30.9 Å². The Kier molecular flexibility index (Phi) is 5.79. The third-order valence-electron chi connectivity index (χ3n) is 5.47. The van der Waals surface area contributed by atoms with Crippen molar-refractivity contribution in [1.82, 2.24) is 9.80 Å². The standard InChI is InChI=1S/C20H26F3N3O/c1-3-19(27)26-5-4-15(14-26)10-16-11-17(20(21,22)23)13-18(12-16)25-8-6-24(2)7-9-25/h3,11-13,15H,1,4-10,14H2,2H3. The Hall–Kier alpha value is -2.02. The summed E-state index contributed by atoms with van der Waals surface area (Å²) in [6.45, 7) is 7.84. The maximum Gasteiger partial charge on any atom is 0.416 e. The molecule has 0 aromatic heterocycles. The van der Waals surface area contributed by atoms with Crippen LogP contribution in [0.4, 0.5) is 18.9 Å². The molecular formula is C20H26F3N3O. The van der Waals surface area contributed by atoms with Crippen LogP contribution < -0.4 is 4.90 Å². The molecule has 27 heavy (non-hydrogen) atoms. The number of rotatable bonds is 4. The zero-order valence-corrected chi connectivity index (χ0v) is 15.6. The molecule has 0 saturated carbocycles. The lowest BCUT2D eigenvalue weighted by Gasteiger charge is -2.34. The van der Waals surface area contributed by atoms with E-state index < -0.39 is 11.7 Å². The summed E-state index contributed by atoms with van der Waals surface area (Å²) in [5, 5.41) is 0. The van der Waals surface area contributed by atoms with Gasteiger partial charge in [0.15, 0.2) is 0 Å². The van der Waals surface area contributed by atoms with Gasteiger partial charge in [0, 0.05) is 45.0 Å². The van der Waals surface area contributed by atoms with Crippen LogP contribution in [0.3, 0.4) is 0 Å². The Labute approximate surface area is 158 Å². The highest BCUT2D eigenvalue weighted by Gasteiger charge is 2.33. The van der Waals surface area contributed by atoms with E-state index in [1.165, 1.54) is 18.2 Å². The molecule has 0 bridgehead atoms. The van der Waals surface area contributed by atoms with Crippen molar-refractivity contribution in [1.29, 1.82) is 0 Å².